The zero-order valence-electron chi connectivity index (χ0n) is 21.3. The van der Waals surface area contributed by atoms with Crippen LogP contribution in [-0.2, 0) is 22.4 Å². The average molecular weight is 643 g/mol. The summed E-state index contributed by atoms with van der Waals surface area (Å²) in [4.78, 5) is 26.5. The van der Waals surface area contributed by atoms with Gasteiger partial charge in [0.05, 0.1) is 11.1 Å². The number of amides is 3. The highest BCUT2D eigenvalue weighted by atomic mass is 79.9. The highest BCUT2D eigenvalue weighted by molar-refractivity contribution is 9.10. The van der Waals surface area contributed by atoms with E-state index in [-0.39, 0.29) is 48.2 Å². The van der Waals surface area contributed by atoms with Gasteiger partial charge < -0.3 is 15.2 Å². The Morgan fingerprint density at radius 3 is 2.25 bits per heavy atom. The van der Waals surface area contributed by atoms with Crippen LogP contribution in [0.2, 0.25) is 0 Å². The number of alkyl halides is 6. The van der Waals surface area contributed by atoms with E-state index >= 15 is 0 Å². The lowest BCUT2D eigenvalue weighted by molar-refractivity contribution is -0.376. The van der Waals surface area contributed by atoms with Crippen LogP contribution in [0.3, 0.4) is 0 Å². The monoisotopic (exact) mass is 642 g/mol. The summed E-state index contributed by atoms with van der Waals surface area (Å²) in [7, 11) is 0. The van der Waals surface area contributed by atoms with Crippen molar-refractivity contribution in [2.75, 3.05) is 13.2 Å². The van der Waals surface area contributed by atoms with Crippen LogP contribution in [0.25, 0.3) is 0 Å². The van der Waals surface area contributed by atoms with Gasteiger partial charge in [-0.3, -0.25) is 9.69 Å². The maximum atomic E-state index is 13.6. The standard InChI is InChI=1S/C26H26BrF7N2O4/c1-3-6-15-13-17(24(39,25(29,30)31)26(32,33)34)8-10-20(15)40-12-5-4-11-36-21(37)23(2,35-22(36)38)16-7-9-19(28)18(27)14-16/h7-10,13-14,39H,3-6,11-12H2,1-2H3,(H,35,38). The molecule has 40 heavy (non-hydrogen) atoms. The molecule has 2 N–H and O–H groups in total. The number of aryl methyl sites for hydroxylation is 1. The molecule has 14 heteroatoms. The fourth-order valence-corrected chi connectivity index (χ4v) is 4.73. The summed E-state index contributed by atoms with van der Waals surface area (Å²) < 4.78 is 99.0. The van der Waals surface area contributed by atoms with Gasteiger partial charge in [-0.15, -0.1) is 0 Å². The largest absolute Gasteiger partial charge is 0.493 e. The van der Waals surface area contributed by atoms with Gasteiger partial charge in [0.1, 0.15) is 17.1 Å². The van der Waals surface area contributed by atoms with Crippen molar-refractivity contribution >= 4 is 27.9 Å². The molecule has 0 spiro atoms. The van der Waals surface area contributed by atoms with Crippen LogP contribution in [0.1, 0.15) is 49.8 Å². The number of imide groups is 1. The number of hydrogen-bond acceptors (Lipinski definition) is 4. The summed E-state index contributed by atoms with van der Waals surface area (Å²) >= 11 is 3.05. The third-order valence-corrected chi connectivity index (χ3v) is 7.23. The molecule has 2 aromatic rings. The van der Waals surface area contributed by atoms with E-state index in [0.29, 0.717) is 24.1 Å². The Hall–Kier alpha value is -2.87. The number of aliphatic hydroxyl groups is 1. The number of unbranched alkanes of at least 4 members (excludes halogenated alkanes) is 1. The second-order valence-corrected chi connectivity index (χ2v) is 10.3. The molecule has 0 aliphatic carbocycles. The lowest BCUT2D eigenvalue weighted by Gasteiger charge is -2.33. The molecule has 3 rings (SSSR count). The highest BCUT2D eigenvalue weighted by Crippen LogP contribution is 2.50. The molecule has 220 valence electrons. The van der Waals surface area contributed by atoms with Gasteiger partial charge in [0.2, 0.25) is 0 Å². The van der Waals surface area contributed by atoms with Crippen LogP contribution >= 0.6 is 15.9 Å². The van der Waals surface area contributed by atoms with Crippen LogP contribution in [0, 0.1) is 5.82 Å². The molecule has 0 aromatic heterocycles. The van der Waals surface area contributed by atoms with Gasteiger partial charge in [-0.2, -0.15) is 26.3 Å². The average Bonchev–Trinajstić information content (AvgIpc) is 3.08. The summed E-state index contributed by atoms with van der Waals surface area (Å²) in [5.74, 6) is -1.02. The van der Waals surface area contributed by atoms with E-state index < -0.39 is 46.8 Å². The van der Waals surface area contributed by atoms with Crippen LogP contribution in [0.15, 0.2) is 40.9 Å². The molecule has 1 aliphatic rings. The quantitative estimate of drug-likeness (QED) is 0.177. The fourth-order valence-electron chi connectivity index (χ4n) is 4.35. The SMILES string of the molecule is CCCc1cc(C(O)(C(F)(F)F)C(F)(F)F)ccc1OCCCCN1C(=O)NC(C)(c2ccc(F)c(Br)c2)C1=O. The number of hydrogen-bond donors (Lipinski definition) is 2. The van der Waals surface area contributed by atoms with Crippen molar-refractivity contribution in [2.45, 2.75) is 63.0 Å². The van der Waals surface area contributed by atoms with E-state index in [0.717, 1.165) is 17.0 Å². The first-order valence-electron chi connectivity index (χ1n) is 12.2. The van der Waals surface area contributed by atoms with Crippen molar-refractivity contribution < 1.29 is 50.2 Å². The normalized spacial score (nSPS) is 18.3. The maximum Gasteiger partial charge on any atom is 0.430 e. The number of urea groups is 1. The third kappa shape index (κ3) is 5.92. The second kappa shape index (κ2) is 11.6. The molecule has 6 nitrogen and oxygen atoms in total. The summed E-state index contributed by atoms with van der Waals surface area (Å²) in [6, 6.07) is 5.42. The zero-order valence-corrected chi connectivity index (χ0v) is 22.9. The predicted molar refractivity (Wildman–Crippen MR) is 133 cm³/mol. The highest BCUT2D eigenvalue weighted by Gasteiger charge is 2.71. The molecule has 1 saturated heterocycles. The number of ether oxygens (including phenoxy) is 1. The van der Waals surface area contributed by atoms with Gasteiger partial charge in [0, 0.05) is 12.1 Å². The third-order valence-electron chi connectivity index (χ3n) is 6.62. The first-order valence-corrected chi connectivity index (χ1v) is 13.0. The Bertz CT molecular complexity index is 1250. The van der Waals surface area contributed by atoms with Gasteiger partial charge >= 0.3 is 18.4 Å². The molecule has 1 aliphatic heterocycles. The smallest absolute Gasteiger partial charge is 0.430 e. The Morgan fingerprint density at radius 2 is 1.68 bits per heavy atom. The van der Waals surface area contributed by atoms with E-state index in [1.165, 1.54) is 19.1 Å². The Kier molecular flexibility index (Phi) is 9.14. The molecule has 1 fully saturated rings. The van der Waals surface area contributed by atoms with Gasteiger partial charge in [0.25, 0.3) is 11.5 Å². The fraction of sp³-hybridized carbons (Fsp3) is 0.462. The van der Waals surface area contributed by atoms with Crippen LogP contribution < -0.4 is 10.1 Å². The molecule has 3 amide bonds. The number of carbonyl (C=O) groups is 2. The molecule has 0 radical (unpaired) electrons. The lowest BCUT2D eigenvalue weighted by Crippen LogP contribution is -2.53. The van der Waals surface area contributed by atoms with E-state index in [1.807, 2.05) is 0 Å². The van der Waals surface area contributed by atoms with E-state index in [4.69, 9.17) is 4.74 Å². The van der Waals surface area contributed by atoms with Crippen molar-refractivity contribution in [3.05, 3.63) is 63.4 Å². The van der Waals surface area contributed by atoms with Gasteiger partial charge in [-0.1, -0.05) is 25.5 Å². The Morgan fingerprint density at radius 1 is 1.02 bits per heavy atom. The van der Waals surface area contributed by atoms with E-state index in [1.54, 1.807) is 6.92 Å². The number of benzene rings is 2. The Labute approximate surface area is 233 Å². The van der Waals surface area contributed by atoms with Gasteiger partial charge in [0.15, 0.2) is 0 Å². The first kappa shape index (κ1) is 31.7. The van der Waals surface area contributed by atoms with Crippen LogP contribution in [0.5, 0.6) is 5.75 Å². The van der Waals surface area contributed by atoms with Gasteiger partial charge in [-0.05, 0) is 77.5 Å². The summed E-state index contributed by atoms with van der Waals surface area (Å²) in [5.41, 5.74) is -7.38. The van der Waals surface area contributed by atoms with Crippen molar-refractivity contribution in [2.24, 2.45) is 0 Å². The topological polar surface area (TPSA) is 78.9 Å². The molecule has 1 unspecified atom stereocenters. The molecular weight excluding hydrogens is 617 g/mol. The minimum atomic E-state index is -6.00. The minimum absolute atomic E-state index is 0.00923. The molecular formula is C26H26BrF7N2O4. The molecule has 1 heterocycles. The molecule has 0 saturated carbocycles. The van der Waals surface area contributed by atoms with Crippen molar-refractivity contribution in [1.82, 2.24) is 10.2 Å². The minimum Gasteiger partial charge on any atom is -0.493 e. The molecule has 0 bridgehead atoms. The Balaban J connectivity index is 1.65. The van der Waals surface area contributed by atoms with Crippen molar-refractivity contribution in [3.63, 3.8) is 0 Å². The maximum absolute atomic E-state index is 13.6. The zero-order chi connectivity index (χ0) is 30.1. The lowest BCUT2D eigenvalue weighted by atomic mass is 9.90. The number of halogens is 8. The predicted octanol–water partition coefficient (Wildman–Crippen LogP) is 6.48. The van der Waals surface area contributed by atoms with E-state index in [2.05, 4.69) is 21.2 Å². The first-order chi connectivity index (χ1) is 18.5. The summed E-state index contributed by atoms with van der Waals surface area (Å²) in [5, 5.41) is 12.3. The van der Waals surface area contributed by atoms with Crippen LogP contribution in [0.4, 0.5) is 35.5 Å². The summed E-state index contributed by atoms with van der Waals surface area (Å²) in [6.07, 6.45) is -11.0. The summed E-state index contributed by atoms with van der Waals surface area (Å²) in [6.45, 7) is 3.17. The molecule has 1 atom stereocenters. The number of nitrogens with zero attached hydrogens (tertiary/aromatic N) is 1. The van der Waals surface area contributed by atoms with Crippen LogP contribution in [-0.4, -0.2) is 47.4 Å². The number of rotatable bonds is 10. The number of nitrogens with one attached hydrogen (secondary N) is 1. The van der Waals surface area contributed by atoms with Crippen molar-refractivity contribution in [3.8, 4) is 5.75 Å². The molecule has 2 aromatic carbocycles. The second-order valence-electron chi connectivity index (χ2n) is 9.47. The number of carbonyl (C=O) groups excluding carboxylic acids is 2. The van der Waals surface area contributed by atoms with E-state index in [9.17, 15) is 45.4 Å². The van der Waals surface area contributed by atoms with Crippen molar-refractivity contribution in [1.29, 1.82) is 0 Å². The van der Waals surface area contributed by atoms with Gasteiger partial charge in [-0.25, -0.2) is 9.18 Å².